The number of hydrazine groups is 1. The number of nitrogen functional groups attached to an aromatic ring is 1. The number of rotatable bonds is 3. The molecule has 0 radical (unpaired) electrons. The van der Waals surface area contributed by atoms with Crippen molar-refractivity contribution in [3.05, 3.63) is 54.4 Å². The van der Waals surface area contributed by atoms with Gasteiger partial charge in [0.15, 0.2) is 0 Å². The lowest BCUT2D eigenvalue weighted by atomic mass is 10.2. The van der Waals surface area contributed by atoms with Crippen molar-refractivity contribution in [2.24, 2.45) is 5.84 Å². The summed E-state index contributed by atoms with van der Waals surface area (Å²) in [5, 5.41) is 2.74. The molecule has 0 spiro atoms. The van der Waals surface area contributed by atoms with Gasteiger partial charge in [0.2, 0.25) is 0 Å². The van der Waals surface area contributed by atoms with Crippen molar-refractivity contribution in [1.29, 1.82) is 0 Å². The largest absolute Gasteiger partial charge is 0.324 e. The zero-order chi connectivity index (χ0) is 12.1. The minimum absolute atomic E-state index is 0.179. The van der Waals surface area contributed by atoms with Crippen LogP contribution in [0.15, 0.2) is 48.8 Å². The van der Waals surface area contributed by atoms with Crippen LogP contribution in [0, 0.1) is 0 Å². The standard InChI is InChI=1S/C12H12N4O/c13-16-10-5-3-9(4-6-10)12(17)15-11-2-1-7-14-8-11/h1-8,16H,13H2,(H,15,17). The molecule has 0 atom stereocenters. The molecule has 0 bridgehead atoms. The number of aromatic nitrogens is 1. The molecule has 0 fully saturated rings. The lowest BCUT2D eigenvalue weighted by molar-refractivity contribution is 0.102. The Morgan fingerprint density at radius 2 is 1.88 bits per heavy atom. The number of amides is 1. The molecule has 1 amide bonds. The molecule has 17 heavy (non-hydrogen) atoms. The predicted molar refractivity (Wildman–Crippen MR) is 66.4 cm³/mol. The summed E-state index contributed by atoms with van der Waals surface area (Å²) in [6, 6.07) is 10.4. The molecule has 1 aromatic carbocycles. The molecule has 0 unspecified atom stereocenters. The number of anilines is 2. The van der Waals surface area contributed by atoms with Gasteiger partial charge in [0, 0.05) is 17.4 Å². The van der Waals surface area contributed by atoms with Gasteiger partial charge < -0.3 is 10.7 Å². The van der Waals surface area contributed by atoms with Crippen LogP contribution in [-0.4, -0.2) is 10.9 Å². The van der Waals surface area contributed by atoms with Gasteiger partial charge in [-0.2, -0.15) is 0 Å². The van der Waals surface area contributed by atoms with Gasteiger partial charge in [0.25, 0.3) is 5.91 Å². The van der Waals surface area contributed by atoms with Crippen LogP contribution >= 0.6 is 0 Å². The van der Waals surface area contributed by atoms with Crippen LogP contribution in [0.25, 0.3) is 0 Å². The number of hydrogen-bond donors (Lipinski definition) is 3. The summed E-state index contributed by atoms with van der Waals surface area (Å²) in [6.07, 6.45) is 3.24. The molecule has 2 rings (SSSR count). The number of nitrogens with zero attached hydrogens (tertiary/aromatic N) is 1. The Morgan fingerprint density at radius 1 is 1.12 bits per heavy atom. The number of benzene rings is 1. The minimum Gasteiger partial charge on any atom is -0.324 e. The molecule has 0 aliphatic heterocycles. The topological polar surface area (TPSA) is 80.0 Å². The van der Waals surface area contributed by atoms with Crippen molar-refractivity contribution >= 4 is 17.3 Å². The van der Waals surface area contributed by atoms with Crippen LogP contribution in [0.3, 0.4) is 0 Å². The van der Waals surface area contributed by atoms with E-state index in [1.807, 2.05) is 0 Å². The number of carbonyl (C=O) groups excluding carboxylic acids is 1. The van der Waals surface area contributed by atoms with Gasteiger partial charge in [-0.25, -0.2) is 0 Å². The Labute approximate surface area is 98.6 Å². The maximum absolute atomic E-state index is 11.8. The van der Waals surface area contributed by atoms with E-state index in [0.717, 1.165) is 5.69 Å². The number of nitrogens with two attached hydrogens (primary N) is 1. The van der Waals surface area contributed by atoms with E-state index in [1.54, 1.807) is 48.8 Å². The summed E-state index contributed by atoms with van der Waals surface area (Å²) in [4.78, 5) is 15.7. The number of carbonyl (C=O) groups is 1. The van der Waals surface area contributed by atoms with Crippen LogP contribution in [0.1, 0.15) is 10.4 Å². The monoisotopic (exact) mass is 228 g/mol. The molecule has 5 nitrogen and oxygen atoms in total. The van der Waals surface area contributed by atoms with Gasteiger partial charge in [-0.05, 0) is 36.4 Å². The molecule has 5 heteroatoms. The summed E-state index contributed by atoms with van der Waals surface area (Å²) in [7, 11) is 0. The van der Waals surface area contributed by atoms with Crippen molar-refractivity contribution in [3.63, 3.8) is 0 Å². The SMILES string of the molecule is NNc1ccc(C(=O)Nc2cccnc2)cc1. The molecule has 4 N–H and O–H groups in total. The summed E-state index contributed by atoms with van der Waals surface area (Å²) in [5.74, 6) is 5.06. The normalized spacial score (nSPS) is 9.71. The lowest BCUT2D eigenvalue weighted by Crippen LogP contribution is -2.12. The minimum atomic E-state index is -0.179. The van der Waals surface area contributed by atoms with Gasteiger partial charge in [-0.15, -0.1) is 0 Å². The maximum Gasteiger partial charge on any atom is 0.255 e. The van der Waals surface area contributed by atoms with Gasteiger partial charge in [-0.3, -0.25) is 15.6 Å². The molecule has 0 aliphatic carbocycles. The first-order chi connectivity index (χ1) is 8.29. The highest BCUT2D eigenvalue weighted by atomic mass is 16.1. The first-order valence-corrected chi connectivity index (χ1v) is 5.07. The highest BCUT2D eigenvalue weighted by molar-refractivity contribution is 6.04. The van der Waals surface area contributed by atoms with Crippen molar-refractivity contribution in [2.75, 3.05) is 10.7 Å². The number of pyridine rings is 1. The van der Waals surface area contributed by atoms with Gasteiger partial charge in [-0.1, -0.05) is 0 Å². The van der Waals surface area contributed by atoms with Crippen molar-refractivity contribution in [2.45, 2.75) is 0 Å². The summed E-state index contributed by atoms with van der Waals surface area (Å²) < 4.78 is 0. The first kappa shape index (κ1) is 11.1. The fourth-order valence-electron chi connectivity index (χ4n) is 1.36. The maximum atomic E-state index is 11.8. The van der Waals surface area contributed by atoms with Gasteiger partial charge in [0.05, 0.1) is 11.9 Å². The van der Waals surface area contributed by atoms with Crippen LogP contribution in [0.4, 0.5) is 11.4 Å². The Balaban J connectivity index is 2.09. The van der Waals surface area contributed by atoms with E-state index in [-0.39, 0.29) is 5.91 Å². The third-order valence-corrected chi connectivity index (χ3v) is 2.23. The lowest BCUT2D eigenvalue weighted by Gasteiger charge is -2.05. The Morgan fingerprint density at radius 3 is 2.47 bits per heavy atom. The van der Waals surface area contributed by atoms with E-state index in [2.05, 4.69) is 15.7 Å². The van der Waals surface area contributed by atoms with E-state index in [4.69, 9.17) is 5.84 Å². The van der Waals surface area contributed by atoms with Crippen molar-refractivity contribution in [3.8, 4) is 0 Å². The van der Waals surface area contributed by atoms with E-state index >= 15 is 0 Å². The second-order valence-corrected chi connectivity index (χ2v) is 3.42. The van der Waals surface area contributed by atoms with Crippen molar-refractivity contribution in [1.82, 2.24) is 4.98 Å². The van der Waals surface area contributed by atoms with E-state index in [1.165, 1.54) is 0 Å². The Hall–Kier alpha value is -2.40. The molecule has 0 aliphatic rings. The van der Waals surface area contributed by atoms with Gasteiger partial charge >= 0.3 is 0 Å². The van der Waals surface area contributed by atoms with E-state index in [0.29, 0.717) is 11.3 Å². The zero-order valence-electron chi connectivity index (χ0n) is 9.05. The van der Waals surface area contributed by atoms with Crippen LogP contribution in [0.5, 0.6) is 0 Å². The zero-order valence-corrected chi connectivity index (χ0v) is 9.05. The molecule has 86 valence electrons. The molecule has 1 aromatic heterocycles. The Kier molecular flexibility index (Phi) is 3.32. The van der Waals surface area contributed by atoms with Crippen LogP contribution in [0.2, 0.25) is 0 Å². The van der Waals surface area contributed by atoms with E-state index in [9.17, 15) is 4.79 Å². The fourth-order valence-corrected chi connectivity index (χ4v) is 1.36. The average Bonchev–Trinajstić information content (AvgIpc) is 2.40. The van der Waals surface area contributed by atoms with Gasteiger partial charge in [0.1, 0.15) is 0 Å². The third-order valence-electron chi connectivity index (χ3n) is 2.23. The second kappa shape index (κ2) is 5.09. The highest BCUT2D eigenvalue weighted by Gasteiger charge is 2.05. The smallest absolute Gasteiger partial charge is 0.255 e. The average molecular weight is 228 g/mol. The van der Waals surface area contributed by atoms with Crippen LogP contribution < -0.4 is 16.6 Å². The summed E-state index contributed by atoms with van der Waals surface area (Å²) >= 11 is 0. The van der Waals surface area contributed by atoms with Crippen molar-refractivity contribution < 1.29 is 4.79 Å². The molecular formula is C12H12N4O. The Bertz CT molecular complexity index is 496. The number of hydrogen-bond acceptors (Lipinski definition) is 4. The summed E-state index contributed by atoms with van der Waals surface area (Å²) in [6.45, 7) is 0. The molecular weight excluding hydrogens is 216 g/mol. The second-order valence-electron chi connectivity index (χ2n) is 3.42. The first-order valence-electron chi connectivity index (χ1n) is 5.07. The van der Waals surface area contributed by atoms with Crippen LogP contribution in [-0.2, 0) is 0 Å². The fraction of sp³-hybridized carbons (Fsp3) is 0. The molecule has 0 saturated heterocycles. The van der Waals surface area contributed by atoms with E-state index < -0.39 is 0 Å². The quantitative estimate of drug-likeness (QED) is 0.551. The molecule has 1 heterocycles. The molecule has 0 saturated carbocycles. The third kappa shape index (κ3) is 2.79. The highest BCUT2D eigenvalue weighted by Crippen LogP contribution is 2.10. The number of nitrogens with one attached hydrogen (secondary N) is 2. The molecule has 2 aromatic rings. The predicted octanol–water partition coefficient (Wildman–Crippen LogP) is 1.62. The summed E-state index contributed by atoms with van der Waals surface area (Å²) in [5.41, 5.74) is 4.48.